The first kappa shape index (κ1) is 24.1. The fraction of sp³-hybridized carbons (Fsp3) is 0.562. The zero-order chi connectivity index (χ0) is 20.9. The Labute approximate surface area is 156 Å². The molecule has 0 saturated carbocycles. The second-order valence-corrected chi connectivity index (χ2v) is 6.09. The number of hydrogen-bond acceptors (Lipinski definition) is 7. The summed E-state index contributed by atoms with van der Waals surface area (Å²) in [6, 6.07) is 1.23. The van der Waals surface area contributed by atoms with Gasteiger partial charge in [-0.1, -0.05) is 0 Å². The monoisotopic (exact) mass is 385 g/mol. The molecule has 152 valence electrons. The van der Waals surface area contributed by atoms with Crippen molar-refractivity contribution in [2.24, 2.45) is 0 Å². The number of nitrogens with one attached hydrogen (secondary N) is 2. The van der Waals surface area contributed by atoms with Gasteiger partial charge in [-0.25, -0.2) is 4.98 Å². The van der Waals surface area contributed by atoms with E-state index < -0.39 is 5.54 Å². The van der Waals surface area contributed by atoms with Crippen molar-refractivity contribution in [2.75, 3.05) is 25.4 Å². The third kappa shape index (κ3) is 8.81. The van der Waals surface area contributed by atoms with Gasteiger partial charge in [0.15, 0.2) is 0 Å². The number of aromatic amines is 1. The van der Waals surface area contributed by atoms with Gasteiger partial charge in [0.1, 0.15) is 11.6 Å². The molecular weight excluding hydrogens is 358 g/mol. The SMILES string of the molecule is CC(C)(C(=O)NCCc1nc(N)cc(=O)[nH]1)N1CCCC1.O=CO.O=CO. The van der Waals surface area contributed by atoms with Gasteiger partial charge in [-0.05, 0) is 39.8 Å². The molecule has 0 radical (unpaired) electrons. The van der Waals surface area contributed by atoms with Crippen molar-refractivity contribution in [3.8, 4) is 0 Å². The lowest BCUT2D eigenvalue weighted by molar-refractivity contribution is -0.131. The fourth-order valence-corrected chi connectivity index (χ4v) is 2.58. The van der Waals surface area contributed by atoms with E-state index in [0.29, 0.717) is 18.8 Å². The number of nitrogens with two attached hydrogens (primary N) is 1. The highest BCUT2D eigenvalue weighted by atomic mass is 16.3. The Morgan fingerprint density at radius 2 is 1.85 bits per heavy atom. The van der Waals surface area contributed by atoms with Crippen LogP contribution in [0.1, 0.15) is 32.5 Å². The van der Waals surface area contributed by atoms with Crippen LogP contribution in [-0.2, 0) is 20.8 Å². The Kier molecular flexibility index (Phi) is 11.1. The summed E-state index contributed by atoms with van der Waals surface area (Å²) in [7, 11) is 0. The Hall–Kier alpha value is -2.95. The van der Waals surface area contributed by atoms with Crippen LogP contribution in [0.4, 0.5) is 5.82 Å². The first-order valence-electron chi connectivity index (χ1n) is 8.27. The minimum atomic E-state index is -0.507. The highest BCUT2D eigenvalue weighted by molar-refractivity contribution is 5.85. The second-order valence-electron chi connectivity index (χ2n) is 6.09. The van der Waals surface area contributed by atoms with Crippen LogP contribution in [0.5, 0.6) is 0 Å². The molecule has 1 aromatic rings. The Balaban J connectivity index is 0.000000997. The highest BCUT2D eigenvalue weighted by Gasteiger charge is 2.35. The lowest BCUT2D eigenvalue weighted by Crippen LogP contribution is -2.54. The van der Waals surface area contributed by atoms with Crippen LogP contribution in [0.2, 0.25) is 0 Å². The standard InChI is InChI=1S/C14H23N5O2.2CH2O2/c1-14(2,19-7-3-4-8-19)13(21)16-6-5-11-17-10(15)9-12(20)18-11;2*2-1-3/h9H,3-8H2,1-2H3,(H,16,21)(H3,15,17,18,20);2*1H,(H,2,3). The number of likely N-dealkylation sites (tertiary alicyclic amines) is 1. The maximum Gasteiger partial charge on any atom is 0.290 e. The molecule has 0 spiro atoms. The summed E-state index contributed by atoms with van der Waals surface area (Å²) in [5, 5.41) is 16.7. The van der Waals surface area contributed by atoms with Crippen LogP contribution < -0.4 is 16.6 Å². The molecule has 2 heterocycles. The Bertz CT molecular complexity index is 649. The van der Waals surface area contributed by atoms with Gasteiger partial charge in [0.2, 0.25) is 5.91 Å². The number of H-pyrrole nitrogens is 1. The number of anilines is 1. The average Bonchev–Trinajstić information content (AvgIpc) is 3.10. The molecule has 1 amide bonds. The first-order valence-corrected chi connectivity index (χ1v) is 8.27. The third-order valence-corrected chi connectivity index (χ3v) is 3.91. The van der Waals surface area contributed by atoms with Crippen molar-refractivity contribution in [3.63, 3.8) is 0 Å². The predicted molar refractivity (Wildman–Crippen MR) is 98.3 cm³/mol. The molecule has 0 aliphatic carbocycles. The molecular formula is C16H27N5O6. The first-order chi connectivity index (χ1) is 12.7. The summed E-state index contributed by atoms with van der Waals surface area (Å²) >= 11 is 0. The number of amides is 1. The number of nitrogens with zero attached hydrogens (tertiary/aromatic N) is 2. The van der Waals surface area contributed by atoms with Crippen LogP contribution in [-0.4, -0.2) is 69.1 Å². The third-order valence-electron chi connectivity index (χ3n) is 3.91. The molecule has 0 atom stereocenters. The van der Waals surface area contributed by atoms with E-state index in [4.69, 9.17) is 25.5 Å². The molecule has 6 N–H and O–H groups in total. The molecule has 1 saturated heterocycles. The Morgan fingerprint density at radius 1 is 1.33 bits per heavy atom. The number of carboxylic acid groups (broad SMARTS) is 2. The number of rotatable bonds is 5. The zero-order valence-corrected chi connectivity index (χ0v) is 15.5. The van der Waals surface area contributed by atoms with E-state index >= 15 is 0 Å². The van der Waals surface area contributed by atoms with Gasteiger partial charge in [0.05, 0.1) is 5.54 Å². The van der Waals surface area contributed by atoms with Crippen molar-refractivity contribution in [1.29, 1.82) is 0 Å². The van der Waals surface area contributed by atoms with Crippen LogP contribution in [0.3, 0.4) is 0 Å². The summed E-state index contributed by atoms with van der Waals surface area (Å²) in [4.78, 5) is 49.1. The summed E-state index contributed by atoms with van der Waals surface area (Å²) in [6.45, 7) is 5.72. The topological polar surface area (TPSA) is 179 Å². The van der Waals surface area contributed by atoms with Crippen LogP contribution in [0.15, 0.2) is 10.9 Å². The number of carbonyl (C=O) groups excluding carboxylic acids is 1. The maximum atomic E-state index is 12.3. The van der Waals surface area contributed by atoms with Crippen molar-refractivity contribution in [1.82, 2.24) is 20.2 Å². The highest BCUT2D eigenvalue weighted by Crippen LogP contribution is 2.20. The van der Waals surface area contributed by atoms with Gasteiger partial charge in [-0.2, -0.15) is 0 Å². The minimum Gasteiger partial charge on any atom is -0.483 e. The van der Waals surface area contributed by atoms with Gasteiger partial charge < -0.3 is 26.2 Å². The van der Waals surface area contributed by atoms with Gasteiger partial charge in [-0.3, -0.25) is 24.1 Å². The second kappa shape index (κ2) is 12.4. The quantitative estimate of drug-likeness (QED) is 0.409. The number of aromatic nitrogens is 2. The molecule has 0 bridgehead atoms. The zero-order valence-electron chi connectivity index (χ0n) is 15.5. The van der Waals surface area contributed by atoms with Crippen molar-refractivity contribution >= 4 is 24.7 Å². The largest absolute Gasteiger partial charge is 0.483 e. The molecule has 2 rings (SSSR count). The lowest BCUT2D eigenvalue weighted by atomic mass is 10.0. The fourth-order valence-electron chi connectivity index (χ4n) is 2.58. The lowest BCUT2D eigenvalue weighted by Gasteiger charge is -2.33. The molecule has 11 nitrogen and oxygen atoms in total. The average molecular weight is 385 g/mol. The van der Waals surface area contributed by atoms with Crippen LogP contribution in [0.25, 0.3) is 0 Å². The molecule has 27 heavy (non-hydrogen) atoms. The molecule has 1 fully saturated rings. The van der Waals surface area contributed by atoms with E-state index in [0.717, 1.165) is 25.9 Å². The predicted octanol–water partition coefficient (Wildman–Crippen LogP) is -0.713. The van der Waals surface area contributed by atoms with Crippen molar-refractivity contribution < 1.29 is 24.6 Å². The molecule has 1 aliphatic heterocycles. The Morgan fingerprint density at radius 3 is 2.33 bits per heavy atom. The van der Waals surface area contributed by atoms with E-state index in [1.807, 2.05) is 13.8 Å². The van der Waals surface area contributed by atoms with Gasteiger partial charge in [-0.15, -0.1) is 0 Å². The smallest absolute Gasteiger partial charge is 0.290 e. The number of hydrogen-bond donors (Lipinski definition) is 5. The van der Waals surface area contributed by atoms with E-state index in [1.54, 1.807) is 0 Å². The van der Waals surface area contributed by atoms with E-state index in [9.17, 15) is 9.59 Å². The summed E-state index contributed by atoms with van der Waals surface area (Å²) in [5.74, 6) is 0.674. The van der Waals surface area contributed by atoms with Crippen molar-refractivity contribution in [2.45, 2.75) is 38.6 Å². The van der Waals surface area contributed by atoms with E-state index in [-0.39, 0.29) is 30.2 Å². The van der Waals surface area contributed by atoms with Crippen LogP contribution in [0, 0.1) is 0 Å². The van der Waals surface area contributed by atoms with Crippen molar-refractivity contribution in [3.05, 3.63) is 22.2 Å². The normalized spacial score (nSPS) is 13.4. The van der Waals surface area contributed by atoms with E-state index in [2.05, 4.69) is 20.2 Å². The minimum absolute atomic E-state index is 0.00403. The molecule has 1 aliphatic rings. The van der Waals surface area contributed by atoms with Gasteiger partial charge in [0, 0.05) is 19.0 Å². The van der Waals surface area contributed by atoms with E-state index in [1.165, 1.54) is 6.07 Å². The molecule has 0 unspecified atom stereocenters. The van der Waals surface area contributed by atoms with Gasteiger partial charge >= 0.3 is 0 Å². The molecule has 1 aromatic heterocycles. The summed E-state index contributed by atoms with van der Waals surface area (Å²) in [5.41, 5.74) is 4.73. The summed E-state index contributed by atoms with van der Waals surface area (Å²) in [6.07, 6.45) is 2.73. The maximum absolute atomic E-state index is 12.3. The number of carbonyl (C=O) groups is 3. The van der Waals surface area contributed by atoms with Gasteiger partial charge in [0.25, 0.3) is 18.5 Å². The molecule has 0 aromatic carbocycles. The number of nitrogen functional groups attached to an aromatic ring is 1. The summed E-state index contributed by atoms with van der Waals surface area (Å²) < 4.78 is 0. The molecule has 11 heteroatoms. The van der Waals surface area contributed by atoms with Crippen LogP contribution >= 0.6 is 0 Å².